The summed E-state index contributed by atoms with van der Waals surface area (Å²) in [5.41, 5.74) is 0. The molecule has 0 spiro atoms. The Balaban J connectivity index is 5.63. The predicted molar refractivity (Wildman–Crippen MR) is 149 cm³/mol. The third-order valence-electron chi connectivity index (χ3n) is 6.66. The predicted octanol–water partition coefficient (Wildman–Crippen LogP) is 4.79. The third-order valence-corrected chi connectivity index (χ3v) is 6.66. The summed E-state index contributed by atoms with van der Waals surface area (Å²) in [4.78, 5) is 39.5. The summed E-state index contributed by atoms with van der Waals surface area (Å²) in [6, 6.07) is -1.77. The summed E-state index contributed by atoms with van der Waals surface area (Å²) >= 11 is 0. The van der Waals surface area contributed by atoms with Crippen LogP contribution >= 0.6 is 0 Å². The monoisotopic (exact) mass is 509 g/mol. The van der Waals surface area contributed by atoms with Crippen LogP contribution in [0.15, 0.2) is 12.2 Å². The van der Waals surface area contributed by atoms with Crippen molar-refractivity contribution in [2.45, 2.75) is 124 Å². The van der Waals surface area contributed by atoms with Crippen molar-refractivity contribution in [1.82, 2.24) is 16.0 Å². The van der Waals surface area contributed by atoms with Crippen molar-refractivity contribution >= 4 is 17.7 Å². The van der Waals surface area contributed by atoms with Gasteiger partial charge in [0.15, 0.2) is 5.78 Å². The highest BCUT2D eigenvalue weighted by Gasteiger charge is 2.37. The van der Waals surface area contributed by atoms with Crippen molar-refractivity contribution in [2.75, 3.05) is 14.1 Å². The number of ether oxygens (including phenoxy) is 1. The Hall–Kier alpha value is -1.73. The fraction of sp³-hybridized carbons (Fsp3) is 0.828. The molecule has 0 aromatic rings. The number of carbonyl (C=O) groups excluding carboxylic acids is 3. The molecule has 0 heterocycles. The van der Waals surface area contributed by atoms with Gasteiger partial charge in [0.25, 0.3) is 0 Å². The summed E-state index contributed by atoms with van der Waals surface area (Å²) in [7, 11) is 3.49. The van der Waals surface area contributed by atoms with Crippen molar-refractivity contribution < 1.29 is 19.1 Å². The highest BCUT2D eigenvalue weighted by atomic mass is 16.5. The number of ketones is 1. The average molecular weight is 510 g/mol. The zero-order valence-corrected chi connectivity index (χ0v) is 24.5. The molecule has 0 saturated carbocycles. The number of esters is 1. The van der Waals surface area contributed by atoms with Crippen LogP contribution in [0.1, 0.15) is 99.8 Å². The van der Waals surface area contributed by atoms with Crippen LogP contribution in [-0.2, 0) is 19.1 Å². The lowest BCUT2D eigenvalue weighted by molar-refractivity contribution is -0.159. The van der Waals surface area contributed by atoms with Gasteiger partial charge in [0.2, 0.25) is 5.91 Å². The smallest absolute Gasteiger partial charge is 0.329 e. The first-order chi connectivity index (χ1) is 17.0. The van der Waals surface area contributed by atoms with Crippen molar-refractivity contribution in [3.8, 4) is 0 Å². The van der Waals surface area contributed by atoms with Gasteiger partial charge < -0.3 is 20.7 Å². The first-order valence-electron chi connectivity index (χ1n) is 14.0. The molecule has 210 valence electrons. The van der Waals surface area contributed by atoms with Crippen LogP contribution in [0.4, 0.5) is 0 Å². The van der Waals surface area contributed by atoms with Gasteiger partial charge >= 0.3 is 5.97 Å². The molecule has 0 aliphatic heterocycles. The van der Waals surface area contributed by atoms with Gasteiger partial charge in [0.1, 0.15) is 18.2 Å². The maximum absolute atomic E-state index is 13.4. The van der Waals surface area contributed by atoms with E-state index in [1.807, 2.05) is 39.8 Å². The number of hydrogen-bond donors (Lipinski definition) is 3. The second-order valence-electron chi connectivity index (χ2n) is 10.8. The van der Waals surface area contributed by atoms with Crippen molar-refractivity contribution in [3.05, 3.63) is 12.2 Å². The number of hydrogen-bond acceptors (Lipinski definition) is 6. The van der Waals surface area contributed by atoms with E-state index in [0.717, 1.165) is 25.7 Å². The standard InChI is InChI=1S/C29H55N3O4/c1-10-12-14-15-16-18-24(33)26(31-9)27(22(7)17-13-11-2)36-29(35)25(21(5)6)32-28(34)23(30-8)19-20(3)4/h11,13,20-23,25-27,30-31H,10,12,14-19H2,1-9H3,(H,32,34)/b13-11+/t22-,23+,25+,26-,27-/m1/s1. The van der Waals surface area contributed by atoms with Crippen LogP contribution in [-0.4, -0.2) is 56.0 Å². The Kier molecular flexibility index (Phi) is 18.5. The second-order valence-corrected chi connectivity index (χ2v) is 10.8. The Bertz CT molecular complexity index is 663. The molecule has 0 rings (SSSR count). The normalized spacial score (nSPS) is 16.1. The maximum atomic E-state index is 13.4. The number of carbonyl (C=O) groups is 3. The number of nitrogens with one attached hydrogen (secondary N) is 3. The highest BCUT2D eigenvalue weighted by molar-refractivity contribution is 5.88. The van der Waals surface area contributed by atoms with Crippen molar-refractivity contribution in [1.29, 1.82) is 0 Å². The van der Waals surface area contributed by atoms with Gasteiger partial charge in [-0.3, -0.25) is 9.59 Å². The zero-order valence-electron chi connectivity index (χ0n) is 24.5. The van der Waals surface area contributed by atoms with E-state index in [9.17, 15) is 14.4 Å². The van der Waals surface area contributed by atoms with E-state index in [1.165, 1.54) is 6.42 Å². The molecule has 0 unspecified atom stereocenters. The molecule has 0 fully saturated rings. The SMILES string of the molecule is C/C=C/C[C@@H](C)[C@@H](OC(=O)[C@@H](NC(=O)[C@H](CC(C)C)NC)C(C)C)[C@H](NC)C(=O)CCCCCCC. The van der Waals surface area contributed by atoms with Gasteiger partial charge in [-0.1, -0.05) is 79.4 Å². The Morgan fingerprint density at radius 2 is 1.53 bits per heavy atom. The van der Waals surface area contributed by atoms with E-state index in [1.54, 1.807) is 14.1 Å². The lowest BCUT2D eigenvalue weighted by Gasteiger charge is -2.33. The largest absolute Gasteiger partial charge is 0.458 e. The average Bonchev–Trinajstić information content (AvgIpc) is 2.83. The minimum absolute atomic E-state index is 0.0661. The molecule has 36 heavy (non-hydrogen) atoms. The molecule has 7 heteroatoms. The van der Waals surface area contributed by atoms with Gasteiger partial charge in [0, 0.05) is 6.42 Å². The Morgan fingerprint density at radius 3 is 2.03 bits per heavy atom. The highest BCUT2D eigenvalue weighted by Crippen LogP contribution is 2.21. The molecular weight excluding hydrogens is 454 g/mol. The van der Waals surface area contributed by atoms with Gasteiger partial charge in [0.05, 0.1) is 6.04 Å². The fourth-order valence-electron chi connectivity index (χ4n) is 4.35. The van der Waals surface area contributed by atoms with Gasteiger partial charge in [-0.05, 0) is 58.0 Å². The Labute approximate surface area is 221 Å². The Morgan fingerprint density at radius 1 is 0.889 bits per heavy atom. The van der Waals surface area contributed by atoms with Gasteiger partial charge in [-0.15, -0.1) is 0 Å². The van der Waals surface area contributed by atoms with Crippen LogP contribution in [0.3, 0.4) is 0 Å². The number of unbranched alkanes of at least 4 members (excludes halogenated alkanes) is 4. The minimum Gasteiger partial charge on any atom is -0.458 e. The van der Waals surface area contributed by atoms with Crippen LogP contribution < -0.4 is 16.0 Å². The lowest BCUT2D eigenvalue weighted by Crippen LogP contribution is -2.55. The summed E-state index contributed by atoms with van der Waals surface area (Å²) < 4.78 is 6.06. The molecule has 0 aliphatic rings. The number of Topliss-reactive ketones (excluding diaryl/α,β-unsaturated/α-hetero) is 1. The van der Waals surface area contributed by atoms with Crippen molar-refractivity contribution in [2.24, 2.45) is 17.8 Å². The molecule has 0 aromatic heterocycles. The number of likely N-dealkylation sites (N-methyl/N-ethyl adjacent to an activating group) is 2. The number of allylic oxidation sites excluding steroid dienone is 2. The molecule has 0 aromatic carbocycles. The molecule has 0 aliphatic carbocycles. The summed E-state index contributed by atoms with van der Waals surface area (Å²) in [5.74, 6) is -0.539. The fourth-order valence-corrected chi connectivity index (χ4v) is 4.35. The van der Waals surface area contributed by atoms with E-state index in [2.05, 4.69) is 36.7 Å². The summed E-state index contributed by atoms with van der Waals surface area (Å²) in [6.07, 6.45) is 10.5. The zero-order chi connectivity index (χ0) is 27.7. The molecule has 7 nitrogen and oxygen atoms in total. The quantitative estimate of drug-likeness (QED) is 0.124. The molecule has 0 saturated heterocycles. The second kappa shape index (κ2) is 19.4. The first-order valence-corrected chi connectivity index (χ1v) is 14.0. The van der Waals surface area contributed by atoms with Gasteiger partial charge in [-0.25, -0.2) is 4.79 Å². The molecular formula is C29H55N3O4. The molecule has 0 bridgehead atoms. The number of amides is 1. The van der Waals surface area contributed by atoms with Crippen LogP contribution in [0, 0.1) is 17.8 Å². The minimum atomic E-state index is -0.793. The molecule has 3 N–H and O–H groups in total. The number of rotatable bonds is 20. The van der Waals surface area contributed by atoms with Crippen LogP contribution in [0.5, 0.6) is 0 Å². The summed E-state index contributed by atoms with van der Waals surface area (Å²) in [6.45, 7) is 14.0. The van der Waals surface area contributed by atoms with Gasteiger partial charge in [-0.2, -0.15) is 0 Å². The first kappa shape index (κ1) is 34.3. The molecule has 5 atom stereocenters. The van der Waals surface area contributed by atoms with E-state index in [4.69, 9.17) is 4.74 Å². The lowest BCUT2D eigenvalue weighted by atomic mass is 9.90. The van der Waals surface area contributed by atoms with E-state index < -0.39 is 24.2 Å². The van der Waals surface area contributed by atoms with Crippen LogP contribution in [0.25, 0.3) is 0 Å². The van der Waals surface area contributed by atoms with Crippen molar-refractivity contribution in [3.63, 3.8) is 0 Å². The summed E-state index contributed by atoms with van der Waals surface area (Å²) in [5, 5.41) is 9.08. The molecule has 0 radical (unpaired) electrons. The third kappa shape index (κ3) is 13.0. The maximum Gasteiger partial charge on any atom is 0.329 e. The molecule has 1 amide bonds. The van der Waals surface area contributed by atoms with E-state index in [0.29, 0.717) is 25.2 Å². The topological polar surface area (TPSA) is 96.5 Å². The van der Waals surface area contributed by atoms with E-state index >= 15 is 0 Å². The van der Waals surface area contributed by atoms with Crippen LogP contribution in [0.2, 0.25) is 0 Å². The van der Waals surface area contributed by atoms with E-state index in [-0.39, 0.29) is 29.6 Å².